The van der Waals surface area contributed by atoms with Crippen LogP contribution in [0, 0.1) is 5.92 Å². The van der Waals surface area contributed by atoms with E-state index in [1.165, 1.54) is 0 Å². The van der Waals surface area contributed by atoms with E-state index < -0.39 is 20.1 Å². The maximum atomic E-state index is 15.7. The van der Waals surface area contributed by atoms with Crippen LogP contribution in [-0.2, 0) is 14.3 Å². The first-order valence-electron chi connectivity index (χ1n) is 12.0. The first-order chi connectivity index (χ1) is 16.2. The van der Waals surface area contributed by atoms with Gasteiger partial charge in [0, 0.05) is 42.8 Å². The van der Waals surface area contributed by atoms with Crippen LogP contribution in [0.4, 0.5) is 14.6 Å². The van der Waals surface area contributed by atoms with Crippen LogP contribution in [-0.4, -0.2) is 76.0 Å². The highest BCUT2D eigenvalue weighted by atomic mass is 28.4. The lowest BCUT2D eigenvalue weighted by atomic mass is 9.86. The van der Waals surface area contributed by atoms with Gasteiger partial charge in [0.15, 0.2) is 0 Å². The highest BCUT2D eigenvalue weighted by Crippen LogP contribution is 2.48. The largest absolute Gasteiger partial charge is 0.490 e. The molecule has 0 radical (unpaired) electrons. The molecule has 0 spiro atoms. The molecule has 0 aliphatic carbocycles. The molecule has 3 heterocycles. The van der Waals surface area contributed by atoms with E-state index in [0.29, 0.717) is 31.1 Å². The number of ether oxygens (including phenoxy) is 3. The number of amides is 2. The Morgan fingerprint density at radius 2 is 2.12 bits per heavy atom. The minimum Gasteiger partial charge on any atom is -0.490 e. The summed E-state index contributed by atoms with van der Waals surface area (Å²) in [6, 6.07) is 5.26. The first-order valence-corrected chi connectivity index (χ1v) is 15.0. The van der Waals surface area contributed by atoms with Crippen LogP contribution in [0.3, 0.4) is 0 Å². The van der Waals surface area contributed by atoms with Gasteiger partial charge in [-0.25, -0.2) is 4.79 Å². The zero-order chi connectivity index (χ0) is 24.6. The van der Waals surface area contributed by atoms with E-state index in [2.05, 4.69) is 0 Å². The molecule has 4 rings (SSSR count). The number of rotatable bonds is 7. The van der Waals surface area contributed by atoms with Crippen molar-refractivity contribution in [2.45, 2.75) is 63.1 Å². The third-order valence-electron chi connectivity index (χ3n) is 7.47. The number of aliphatic hydroxyl groups is 1. The van der Waals surface area contributed by atoms with Crippen molar-refractivity contribution >= 4 is 26.1 Å². The minimum absolute atomic E-state index is 0.0463. The second-order valence-electron chi connectivity index (χ2n) is 10.0. The molecule has 1 unspecified atom stereocenters. The molecule has 188 valence electrons. The van der Waals surface area contributed by atoms with Gasteiger partial charge in [-0.15, -0.1) is 0 Å². The maximum Gasteiger partial charge on any atom is 0.414 e. The summed E-state index contributed by atoms with van der Waals surface area (Å²) in [5.74, 6) is 0.237. The minimum atomic E-state index is -3.33. The number of benzene rings is 1. The molecule has 0 saturated carbocycles. The summed E-state index contributed by atoms with van der Waals surface area (Å²) in [6.07, 6.45) is 0.365. The fourth-order valence-electron chi connectivity index (χ4n) is 5.57. The molecule has 2 saturated heterocycles. The summed E-state index contributed by atoms with van der Waals surface area (Å²) in [5, 5.41) is 9.63. The Kier molecular flexibility index (Phi) is 7.21. The summed E-state index contributed by atoms with van der Waals surface area (Å²) >= 11 is 0. The molecular formula is C24H35FN2O6Si. The molecule has 1 aromatic carbocycles. The predicted octanol–water partition coefficient (Wildman–Crippen LogP) is 3.65. The SMILES string of the molecule is CO[C@H]1c2cc(N3CCOC3=O)ccc2O[C@@H](C(CC(=O)N2CCC[C@H]2CO)[Si](C)(C)F)[C@@H]1C. The summed E-state index contributed by atoms with van der Waals surface area (Å²) in [5.41, 5.74) is 0.925. The number of aliphatic hydroxyl groups excluding tert-OH is 1. The first kappa shape index (κ1) is 24.9. The molecule has 0 aromatic heterocycles. The van der Waals surface area contributed by atoms with Crippen molar-refractivity contribution in [1.29, 1.82) is 0 Å². The van der Waals surface area contributed by atoms with E-state index in [4.69, 9.17) is 14.2 Å². The van der Waals surface area contributed by atoms with Crippen molar-refractivity contribution in [3.05, 3.63) is 23.8 Å². The number of carbonyl (C=O) groups excluding carboxylic acids is 2. The number of hydrogen-bond acceptors (Lipinski definition) is 6. The summed E-state index contributed by atoms with van der Waals surface area (Å²) in [6.45, 7) is 6.54. The molecule has 0 bridgehead atoms. The normalized spacial score (nSPS) is 27.9. The lowest BCUT2D eigenvalue weighted by Crippen LogP contribution is -2.48. The van der Waals surface area contributed by atoms with Crippen molar-refractivity contribution in [2.75, 3.05) is 38.3 Å². The summed E-state index contributed by atoms with van der Waals surface area (Å²) in [7, 11) is -1.72. The summed E-state index contributed by atoms with van der Waals surface area (Å²) in [4.78, 5) is 28.5. The molecule has 1 aromatic rings. The van der Waals surface area contributed by atoms with Crippen LogP contribution in [0.1, 0.15) is 37.9 Å². The van der Waals surface area contributed by atoms with Gasteiger partial charge in [-0.05, 0) is 44.1 Å². The van der Waals surface area contributed by atoms with Gasteiger partial charge in [-0.1, -0.05) is 6.92 Å². The quantitative estimate of drug-likeness (QED) is 0.460. The zero-order valence-corrected chi connectivity index (χ0v) is 21.3. The lowest BCUT2D eigenvalue weighted by Gasteiger charge is -2.43. The van der Waals surface area contributed by atoms with E-state index in [9.17, 15) is 14.7 Å². The number of anilines is 1. The number of fused-ring (bicyclic) bond motifs is 1. The summed E-state index contributed by atoms with van der Waals surface area (Å²) < 4.78 is 33.0. The Hall–Kier alpha value is -2.17. The Morgan fingerprint density at radius 1 is 1.35 bits per heavy atom. The van der Waals surface area contributed by atoms with Crippen molar-refractivity contribution < 1.29 is 33.0 Å². The molecule has 2 fully saturated rings. The molecule has 8 nitrogen and oxygen atoms in total. The van der Waals surface area contributed by atoms with Crippen LogP contribution >= 0.6 is 0 Å². The maximum absolute atomic E-state index is 15.7. The van der Waals surface area contributed by atoms with Crippen LogP contribution in [0.25, 0.3) is 0 Å². The number of hydrogen-bond donors (Lipinski definition) is 1. The fourth-order valence-corrected chi connectivity index (χ4v) is 7.38. The molecular weight excluding hydrogens is 459 g/mol. The van der Waals surface area contributed by atoms with Crippen molar-refractivity contribution in [1.82, 2.24) is 4.90 Å². The number of carbonyl (C=O) groups is 2. The van der Waals surface area contributed by atoms with Crippen LogP contribution in [0.5, 0.6) is 5.75 Å². The lowest BCUT2D eigenvalue weighted by molar-refractivity contribution is -0.133. The highest BCUT2D eigenvalue weighted by Gasteiger charge is 2.49. The standard InChI is InChI=1S/C24H35FN2O6Si/c1-15-22(31-2)18-12-16(27-10-11-32-24(27)30)7-8-19(18)33-23(15)20(34(3,4)25)13-21(29)26-9-5-6-17(26)14-28/h7-8,12,15,17,20,22-23,28H,5-6,9-11,13-14H2,1-4H3/t15-,17+,20?,22-,23-/m1/s1. The van der Waals surface area contributed by atoms with E-state index in [0.717, 1.165) is 18.4 Å². The third kappa shape index (κ3) is 4.67. The van der Waals surface area contributed by atoms with Gasteiger partial charge in [0.1, 0.15) is 18.5 Å². The third-order valence-corrected chi connectivity index (χ3v) is 9.76. The number of halogens is 1. The molecule has 34 heavy (non-hydrogen) atoms. The highest BCUT2D eigenvalue weighted by molar-refractivity contribution is 6.72. The van der Waals surface area contributed by atoms with E-state index in [1.807, 2.05) is 13.0 Å². The van der Waals surface area contributed by atoms with Crippen LogP contribution in [0.2, 0.25) is 18.6 Å². The molecule has 10 heteroatoms. The predicted molar refractivity (Wildman–Crippen MR) is 127 cm³/mol. The van der Waals surface area contributed by atoms with Gasteiger partial charge in [-0.3, -0.25) is 9.69 Å². The molecule has 3 aliphatic heterocycles. The number of methoxy groups -OCH3 is 1. The van der Waals surface area contributed by atoms with Crippen LogP contribution in [0.15, 0.2) is 18.2 Å². The Balaban J connectivity index is 1.61. The van der Waals surface area contributed by atoms with Gasteiger partial charge in [0.05, 0.1) is 25.3 Å². The molecule has 5 atom stereocenters. The van der Waals surface area contributed by atoms with E-state index >= 15 is 4.11 Å². The van der Waals surface area contributed by atoms with Gasteiger partial charge < -0.3 is 28.3 Å². The average Bonchev–Trinajstić information content (AvgIpc) is 3.45. The smallest absolute Gasteiger partial charge is 0.414 e. The van der Waals surface area contributed by atoms with Crippen molar-refractivity contribution in [3.63, 3.8) is 0 Å². The average molecular weight is 495 g/mol. The Bertz CT molecular complexity index is 925. The Morgan fingerprint density at radius 3 is 2.74 bits per heavy atom. The molecule has 3 aliphatic rings. The van der Waals surface area contributed by atoms with Gasteiger partial charge >= 0.3 is 6.09 Å². The van der Waals surface area contributed by atoms with Crippen molar-refractivity contribution in [2.24, 2.45) is 5.92 Å². The fraction of sp³-hybridized carbons (Fsp3) is 0.667. The monoisotopic (exact) mass is 494 g/mol. The topological polar surface area (TPSA) is 88.5 Å². The number of nitrogens with zero attached hydrogens (tertiary/aromatic N) is 2. The van der Waals surface area contributed by atoms with Gasteiger partial charge in [-0.2, -0.15) is 0 Å². The zero-order valence-electron chi connectivity index (χ0n) is 20.3. The molecule has 1 N–H and O–H groups in total. The second-order valence-corrected chi connectivity index (χ2v) is 13.9. The van der Waals surface area contributed by atoms with E-state index in [1.54, 1.807) is 42.1 Å². The Labute approximate surface area is 201 Å². The van der Waals surface area contributed by atoms with Gasteiger partial charge in [0.2, 0.25) is 14.3 Å². The number of cyclic esters (lactones) is 1. The van der Waals surface area contributed by atoms with Crippen molar-refractivity contribution in [3.8, 4) is 5.75 Å². The molecule has 2 amide bonds. The van der Waals surface area contributed by atoms with Crippen LogP contribution < -0.4 is 9.64 Å². The second kappa shape index (κ2) is 9.83. The number of likely N-dealkylation sites (tertiary alicyclic amines) is 1. The van der Waals surface area contributed by atoms with E-state index in [-0.39, 0.29) is 43.1 Å². The van der Waals surface area contributed by atoms with Gasteiger partial charge in [0.25, 0.3) is 0 Å².